The second-order valence-corrected chi connectivity index (χ2v) is 8.57. The molecule has 5 rings (SSSR count). The lowest BCUT2D eigenvalue weighted by molar-refractivity contribution is -0.117. The number of amides is 2. The van der Waals surface area contributed by atoms with Crippen LogP contribution in [0.4, 0.5) is 11.4 Å². The number of carbonyl (C=O) groups is 2. The van der Waals surface area contributed by atoms with E-state index in [0.29, 0.717) is 36.9 Å². The monoisotopic (exact) mass is 429 g/mol. The van der Waals surface area contributed by atoms with Gasteiger partial charge in [-0.2, -0.15) is 0 Å². The van der Waals surface area contributed by atoms with E-state index >= 15 is 0 Å². The summed E-state index contributed by atoms with van der Waals surface area (Å²) in [5.74, 6) is 0.672. The predicted molar refractivity (Wildman–Crippen MR) is 124 cm³/mol. The van der Waals surface area contributed by atoms with Crippen LogP contribution in [-0.2, 0) is 24.3 Å². The van der Waals surface area contributed by atoms with E-state index in [2.05, 4.69) is 35.3 Å². The molecule has 3 aromatic rings. The van der Waals surface area contributed by atoms with Crippen molar-refractivity contribution in [2.45, 2.75) is 45.3 Å². The molecule has 1 fully saturated rings. The lowest BCUT2D eigenvalue weighted by Crippen LogP contribution is -2.30. The topological polar surface area (TPSA) is 65.8 Å². The molecule has 2 aliphatic rings. The second-order valence-electron chi connectivity index (χ2n) is 8.57. The molecule has 1 atom stereocenters. The molecule has 1 aromatic heterocycles. The molecule has 0 spiro atoms. The van der Waals surface area contributed by atoms with Crippen molar-refractivity contribution < 1.29 is 14.0 Å². The van der Waals surface area contributed by atoms with Crippen molar-refractivity contribution in [1.82, 2.24) is 5.32 Å². The number of benzene rings is 2. The van der Waals surface area contributed by atoms with Crippen LogP contribution >= 0.6 is 0 Å². The molecule has 6 nitrogen and oxygen atoms in total. The van der Waals surface area contributed by atoms with Crippen LogP contribution < -0.4 is 15.1 Å². The van der Waals surface area contributed by atoms with E-state index in [-0.39, 0.29) is 11.8 Å². The molecule has 6 heteroatoms. The van der Waals surface area contributed by atoms with Crippen LogP contribution in [0.2, 0.25) is 0 Å². The highest BCUT2D eigenvalue weighted by molar-refractivity contribution is 5.96. The zero-order valence-corrected chi connectivity index (χ0v) is 18.2. The molecule has 1 N–H and O–H groups in total. The van der Waals surface area contributed by atoms with Crippen molar-refractivity contribution in [3.05, 3.63) is 83.3 Å². The van der Waals surface area contributed by atoms with Crippen LogP contribution in [0.1, 0.15) is 47.0 Å². The molecule has 0 bridgehead atoms. The quantitative estimate of drug-likeness (QED) is 0.635. The van der Waals surface area contributed by atoms with Crippen LogP contribution in [0, 0.1) is 0 Å². The van der Waals surface area contributed by atoms with E-state index < -0.39 is 0 Å². The van der Waals surface area contributed by atoms with Gasteiger partial charge in [-0.25, -0.2) is 0 Å². The molecule has 0 aliphatic carbocycles. The minimum absolute atomic E-state index is 0.156. The Morgan fingerprint density at radius 1 is 1.16 bits per heavy atom. The number of furan rings is 1. The Morgan fingerprint density at radius 3 is 2.88 bits per heavy atom. The van der Waals surface area contributed by atoms with Gasteiger partial charge in [-0.3, -0.25) is 9.59 Å². The van der Waals surface area contributed by atoms with Gasteiger partial charge in [0.1, 0.15) is 5.76 Å². The van der Waals surface area contributed by atoms with Crippen LogP contribution in [-0.4, -0.2) is 24.4 Å². The third kappa shape index (κ3) is 3.88. The summed E-state index contributed by atoms with van der Waals surface area (Å²) < 4.78 is 5.71. The first-order valence-electron chi connectivity index (χ1n) is 11.2. The Labute approximate surface area is 187 Å². The lowest BCUT2D eigenvalue weighted by Gasteiger charge is -2.24. The molecule has 32 heavy (non-hydrogen) atoms. The van der Waals surface area contributed by atoms with Crippen molar-refractivity contribution in [1.29, 1.82) is 0 Å². The Hall–Kier alpha value is -3.54. The fourth-order valence-corrected chi connectivity index (χ4v) is 4.72. The summed E-state index contributed by atoms with van der Waals surface area (Å²) in [5.41, 5.74) is 4.95. The van der Waals surface area contributed by atoms with Crippen LogP contribution in [0.15, 0.2) is 65.3 Å². The number of hydrogen-bond acceptors (Lipinski definition) is 4. The highest BCUT2D eigenvalue weighted by Gasteiger charge is 2.28. The third-order valence-corrected chi connectivity index (χ3v) is 6.40. The van der Waals surface area contributed by atoms with Crippen LogP contribution in [0.5, 0.6) is 0 Å². The molecule has 0 saturated carbocycles. The summed E-state index contributed by atoms with van der Waals surface area (Å²) in [5, 5.41) is 3.01. The van der Waals surface area contributed by atoms with Crippen molar-refractivity contribution in [3.8, 4) is 0 Å². The zero-order valence-electron chi connectivity index (χ0n) is 18.2. The van der Waals surface area contributed by atoms with E-state index in [0.717, 1.165) is 30.6 Å². The number of para-hydroxylation sites is 1. The summed E-state index contributed by atoms with van der Waals surface area (Å²) in [6, 6.07) is 18.3. The number of rotatable bonds is 6. The third-order valence-electron chi connectivity index (χ3n) is 6.40. The standard InChI is InChI=1S/C26H27N3O3/c1-18-14-20-7-2-3-9-23(20)29(18)17-24-22(11-13-32-24)26(31)27-16-19-6-4-8-21(15-19)28-12-5-10-25(28)30/h2-4,6-9,11,13,15,18H,5,10,12,14,16-17H2,1H3,(H,27,31). The number of nitrogens with one attached hydrogen (secondary N) is 1. The van der Waals surface area contributed by atoms with Crippen molar-refractivity contribution >= 4 is 23.2 Å². The second kappa shape index (κ2) is 8.54. The summed E-state index contributed by atoms with van der Waals surface area (Å²) in [6.07, 6.45) is 4.07. The van der Waals surface area contributed by atoms with Gasteiger partial charge in [0.15, 0.2) is 0 Å². The van der Waals surface area contributed by atoms with E-state index in [4.69, 9.17) is 4.42 Å². The zero-order chi connectivity index (χ0) is 22.1. The minimum atomic E-state index is -0.156. The number of fused-ring (bicyclic) bond motifs is 1. The maximum atomic E-state index is 12.9. The summed E-state index contributed by atoms with van der Waals surface area (Å²) >= 11 is 0. The van der Waals surface area contributed by atoms with Gasteiger partial charge >= 0.3 is 0 Å². The molecule has 164 valence electrons. The van der Waals surface area contributed by atoms with Gasteiger partial charge in [-0.15, -0.1) is 0 Å². The summed E-state index contributed by atoms with van der Waals surface area (Å²) in [4.78, 5) is 29.1. The Balaban J connectivity index is 1.26. The highest BCUT2D eigenvalue weighted by atomic mass is 16.3. The average Bonchev–Trinajstić information content (AvgIpc) is 3.52. The van der Waals surface area contributed by atoms with Gasteiger partial charge in [0.05, 0.1) is 18.4 Å². The molecule has 1 unspecified atom stereocenters. The SMILES string of the molecule is CC1Cc2ccccc2N1Cc1occc1C(=O)NCc1cccc(N2CCCC2=O)c1. The largest absolute Gasteiger partial charge is 0.467 e. The fraction of sp³-hybridized carbons (Fsp3) is 0.308. The molecule has 0 radical (unpaired) electrons. The minimum Gasteiger partial charge on any atom is -0.467 e. The summed E-state index contributed by atoms with van der Waals surface area (Å²) in [7, 11) is 0. The number of nitrogens with zero attached hydrogens (tertiary/aromatic N) is 2. The van der Waals surface area contributed by atoms with E-state index in [1.807, 2.05) is 35.2 Å². The molecular formula is C26H27N3O3. The Bertz CT molecular complexity index is 1150. The van der Waals surface area contributed by atoms with Gasteiger partial charge in [-0.1, -0.05) is 30.3 Å². The number of carbonyl (C=O) groups excluding carboxylic acids is 2. The van der Waals surface area contributed by atoms with Gasteiger partial charge in [0.2, 0.25) is 5.91 Å². The maximum Gasteiger partial charge on any atom is 0.255 e. The smallest absolute Gasteiger partial charge is 0.255 e. The van der Waals surface area contributed by atoms with Gasteiger partial charge in [-0.05, 0) is 55.2 Å². The predicted octanol–water partition coefficient (Wildman–Crippen LogP) is 4.29. The van der Waals surface area contributed by atoms with Crippen molar-refractivity contribution in [2.75, 3.05) is 16.3 Å². The van der Waals surface area contributed by atoms with E-state index in [1.54, 1.807) is 12.3 Å². The first-order chi connectivity index (χ1) is 15.6. The van der Waals surface area contributed by atoms with Gasteiger partial charge in [0.25, 0.3) is 5.91 Å². The Kier molecular flexibility index (Phi) is 5.43. The molecule has 2 amide bonds. The highest BCUT2D eigenvalue weighted by Crippen LogP contribution is 2.33. The van der Waals surface area contributed by atoms with Crippen LogP contribution in [0.25, 0.3) is 0 Å². The fourth-order valence-electron chi connectivity index (χ4n) is 4.72. The van der Waals surface area contributed by atoms with E-state index in [1.165, 1.54) is 11.3 Å². The molecular weight excluding hydrogens is 402 g/mol. The maximum absolute atomic E-state index is 12.9. The first-order valence-corrected chi connectivity index (χ1v) is 11.2. The lowest BCUT2D eigenvalue weighted by atomic mass is 10.1. The molecule has 3 heterocycles. The first kappa shape index (κ1) is 20.4. The van der Waals surface area contributed by atoms with Gasteiger partial charge in [0, 0.05) is 36.9 Å². The van der Waals surface area contributed by atoms with Gasteiger partial charge < -0.3 is 19.5 Å². The van der Waals surface area contributed by atoms with Crippen LogP contribution in [0.3, 0.4) is 0 Å². The van der Waals surface area contributed by atoms with Crippen molar-refractivity contribution in [3.63, 3.8) is 0 Å². The normalized spacial score (nSPS) is 17.7. The molecule has 1 saturated heterocycles. The number of anilines is 2. The average molecular weight is 430 g/mol. The molecule has 2 aliphatic heterocycles. The van der Waals surface area contributed by atoms with Crippen molar-refractivity contribution in [2.24, 2.45) is 0 Å². The Morgan fingerprint density at radius 2 is 2.03 bits per heavy atom. The number of hydrogen-bond donors (Lipinski definition) is 1. The summed E-state index contributed by atoms with van der Waals surface area (Å²) in [6.45, 7) is 3.90. The molecule has 2 aromatic carbocycles. The van der Waals surface area contributed by atoms with E-state index in [9.17, 15) is 9.59 Å².